The molecule has 1 N–H and O–H groups in total. The second-order valence-electron chi connectivity index (χ2n) is 7.68. The van der Waals surface area contributed by atoms with Crippen LogP contribution >= 0.6 is 12.4 Å². The molecule has 29 heavy (non-hydrogen) atoms. The predicted octanol–water partition coefficient (Wildman–Crippen LogP) is 2.90. The van der Waals surface area contributed by atoms with Gasteiger partial charge in [-0.1, -0.05) is 12.1 Å². The molecular formula is C22H27ClFN3O2. The van der Waals surface area contributed by atoms with Gasteiger partial charge < -0.3 is 14.8 Å². The van der Waals surface area contributed by atoms with E-state index in [4.69, 9.17) is 0 Å². The van der Waals surface area contributed by atoms with Gasteiger partial charge in [-0.15, -0.1) is 12.4 Å². The van der Waals surface area contributed by atoms with Gasteiger partial charge in [0.25, 0.3) is 0 Å². The molecule has 7 heteroatoms. The molecule has 0 radical (unpaired) electrons. The van der Waals surface area contributed by atoms with Gasteiger partial charge in [-0.2, -0.15) is 0 Å². The molecule has 156 valence electrons. The van der Waals surface area contributed by atoms with E-state index in [9.17, 15) is 14.0 Å². The number of hydrogen-bond acceptors (Lipinski definition) is 3. The van der Waals surface area contributed by atoms with Crippen LogP contribution in [-0.4, -0.2) is 47.3 Å². The summed E-state index contributed by atoms with van der Waals surface area (Å²) in [6.07, 6.45) is 2.49. The molecule has 5 nitrogen and oxygen atoms in total. The molecule has 1 fully saturated rings. The molecule has 2 aliphatic rings. The third-order valence-electron chi connectivity index (χ3n) is 5.91. The van der Waals surface area contributed by atoms with Gasteiger partial charge in [-0.05, 0) is 43.0 Å². The molecule has 1 saturated heterocycles. The van der Waals surface area contributed by atoms with Crippen molar-refractivity contribution in [1.29, 1.82) is 0 Å². The summed E-state index contributed by atoms with van der Waals surface area (Å²) < 4.78 is 15.4. The summed E-state index contributed by atoms with van der Waals surface area (Å²) in [7, 11) is 0. The van der Waals surface area contributed by atoms with Crippen LogP contribution in [-0.2, 0) is 24.2 Å². The number of rotatable bonds is 4. The molecule has 1 aliphatic carbocycles. The highest BCUT2D eigenvalue weighted by Crippen LogP contribution is 2.31. The maximum absolute atomic E-state index is 13.3. The van der Waals surface area contributed by atoms with E-state index in [0.29, 0.717) is 26.1 Å². The minimum absolute atomic E-state index is 0. The maximum atomic E-state index is 13.3. The second-order valence-corrected chi connectivity index (χ2v) is 7.68. The molecule has 1 amide bonds. The monoisotopic (exact) mass is 419 g/mol. The SMILES string of the molecule is Cc1c(CC(=O)N2CCNCC2)c2c(n1Cc1ccc(F)cc1)CCCC2=O.Cl. The van der Waals surface area contributed by atoms with E-state index < -0.39 is 0 Å². The van der Waals surface area contributed by atoms with Crippen LogP contribution in [0.15, 0.2) is 24.3 Å². The maximum Gasteiger partial charge on any atom is 0.227 e. The molecule has 0 saturated carbocycles. The van der Waals surface area contributed by atoms with Gasteiger partial charge in [0.1, 0.15) is 5.82 Å². The highest BCUT2D eigenvalue weighted by molar-refractivity contribution is 6.01. The van der Waals surface area contributed by atoms with Crippen molar-refractivity contribution in [3.63, 3.8) is 0 Å². The van der Waals surface area contributed by atoms with Crippen LogP contribution in [0.1, 0.15) is 45.7 Å². The Morgan fingerprint density at radius 1 is 1.14 bits per heavy atom. The number of Topliss-reactive ketones (excluding diaryl/α,β-unsaturated/α-hetero) is 1. The number of halogens is 2. The van der Waals surface area contributed by atoms with Crippen molar-refractivity contribution >= 4 is 24.1 Å². The van der Waals surface area contributed by atoms with Crippen LogP contribution in [0.3, 0.4) is 0 Å². The lowest BCUT2D eigenvalue weighted by atomic mass is 9.92. The van der Waals surface area contributed by atoms with Gasteiger partial charge in [-0.3, -0.25) is 9.59 Å². The van der Waals surface area contributed by atoms with Crippen molar-refractivity contribution in [3.05, 3.63) is 58.2 Å². The first kappa shape index (κ1) is 21.5. The highest BCUT2D eigenvalue weighted by atomic mass is 35.5. The largest absolute Gasteiger partial charge is 0.343 e. The van der Waals surface area contributed by atoms with Gasteiger partial charge in [0, 0.05) is 56.1 Å². The van der Waals surface area contributed by atoms with Crippen LogP contribution in [0.4, 0.5) is 4.39 Å². The Bertz CT molecular complexity index is 902. The first-order valence-electron chi connectivity index (χ1n) is 10.0. The molecule has 0 atom stereocenters. The summed E-state index contributed by atoms with van der Waals surface area (Å²) in [5.41, 5.74) is 4.63. The normalized spacial score (nSPS) is 16.3. The zero-order valence-electron chi connectivity index (χ0n) is 16.7. The van der Waals surface area contributed by atoms with E-state index in [1.54, 1.807) is 12.1 Å². The molecule has 2 heterocycles. The summed E-state index contributed by atoms with van der Waals surface area (Å²) >= 11 is 0. The Morgan fingerprint density at radius 2 is 1.83 bits per heavy atom. The number of piperazine rings is 1. The molecule has 1 aromatic carbocycles. The lowest BCUT2D eigenvalue weighted by Gasteiger charge is -2.27. The zero-order valence-corrected chi connectivity index (χ0v) is 17.5. The van der Waals surface area contributed by atoms with Crippen molar-refractivity contribution in [2.24, 2.45) is 0 Å². The first-order chi connectivity index (χ1) is 13.5. The van der Waals surface area contributed by atoms with Crippen LogP contribution in [0.5, 0.6) is 0 Å². The lowest BCUT2D eigenvalue weighted by molar-refractivity contribution is -0.131. The van der Waals surface area contributed by atoms with E-state index in [-0.39, 0.29) is 36.3 Å². The molecule has 1 aliphatic heterocycles. The Morgan fingerprint density at radius 3 is 2.52 bits per heavy atom. The number of amides is 1. The fourth-order valence-corrected chi connectivity index (χ4v) is 4.37. The number of carbonyl (C=O) groups is 2. The number of carbonyl (C=O) groups excluding carboxylic acids is 2. The van der Waals surface area contributed by atoms with Gasteiger partial charge in [0.15, 0.2) is 5.78 Å². The van der Waals surface area contributed by atoms with Crippen LogP contribution in [0.2, 0.25) is 0 Å². The van der Waals surface area contributed by atoms with Crippen molar-refractivity contribution < 1.29 is 14.0 Å². The fourth-order valence-electron chi connectivity index (χ4n) is 4.37. The summed E-state index contributed by atoms with van der Waals surface area (Å²) in [5, 5.41) is 3.26. The molecule has 2 aromatic rings. The van der Waals surface area contributed by atoms with E-state index in [2.05, 4.69) is 9.88 Å². The average molecular weight is 420 g/mol. The molecule has 1 aromatic heterocycles. The summed E-state index contributed by atoms with van der Waals surface area (Å²) in [4.78, 5) is 27.5. The molecule has 0 bridgehead atoms. The molecular weight excluding hydrogens is 393 g/mol. The lowest BCUT2D eigenvalue weighted by Crippen LogP contribution is -2.47. The average Bonchev–Trinajstić information content (AvgIpc) is 2.97. The first-order valence-corrected chi connectivity index (χ1v) is 10.0. The van der Waals surface area contributed by atoms with Gasteiger partial charge >= 0.3 is 0 Å². The smallest absolute Gasteiger partial charge is 0.227 e. The number of nitrogens with one attached hydrogen (secondary N) is 1. The topological polar surface area (TPSA) is 54.3 Å². The van der Waals surface area contributed by atoms with Crippen molar-refractivity contribution in [2.75, 3.05) is 26.2 Å². The van der Waals surface area contributed by atoms with Gasteiger partial charge in [0.05, 0.1) is 6.42 Å². The standard InChI is InChI=1S/C22H26FN3O2.ClH/c1-15-18(13-21(28)25-11-9-24-10-12-25)22-19(3-2-4-20(22)27)26(15)14-16-5-7-17(23)8-6-16;/h5-8,24H,2-4,9-14H2,1H3;1H. The van der Waals surface area contributed by atoms with Crippen LogP contribution < -0.4 is 5.32 Å². The molecule has 0 spiro atoms. The van der Waals surface area contributed by atoms with Crippen LogP contribution in [0.25, 0.3) is 0 Å². The second kappa shape index (κ2) is 9.09. The Balaban J connectivity index is 0.00000240. The number of nitrogens with zero attached hydrogens (tertiary/aromatic N) is 2. The van der Waals surface area contributed by atoms with Gasteiger partial charge in [0.2, 0.25) is 5.91 Å². The van der Waals surface area contributed by atoms with E-state index in [1.807, 2.05) is 11.8 Å². The third-order valence-corrected chi connectivity index (χ3v) is 5.91. The fraction of sp³-hybridized carbons (Fsp3) is 0.455. The Labute approximate surface area is 176 Å². The summed E-state index contributed by atoms with van der Waals surface area (Å²) in [6, 6.07) is 6.47. The number of ketones is 1. The summed E-state index contributed by atoms with van der Waals surface area (Å²) in [6.45, 7) is 5.63. The Hall–Kier alpha value is -2.18. The van der Waals surface area contributed by atoms with E-state index >= 15 is 0 Å². The number of aromatic nitrogens is 1. The minimum Gasteiger partial charge on any atom is -0.343 e. The third kappa shape index (κ3) is 4.38. The number of hydrogen-bond donors (Lipinski definition) is 1. The quantitative estimate of drug-likeness (QED) is 0.829. The van der Waals surface area contributed by atoms with Crippen molar-refractivity contribution in [1.82, 2.24) is 14.8 Å². The zero-order chi connectivity index (χ0) is 19.7. The summed E-state index contributed by atoms with van der Waals surface area (Å²) in [5.74, 6) is -0.0254. The molecule has 4 rings (SSSR count). The minimum atomic E-state index is -0.257. The predicted molar refractivity (Wildman–Crippen MR) is 112 cm³/mol. The van der Waals surface area contributed by atoms with E-state index in [1.165, 1.54) is 12.1 Å². The number of benzene rings is 1. The molecule has 0 unspecified atom stereocenters. The Kier molecular flexibility index (Phi) is 6.75. The van der Waals surface area contributed by atoms with Crippen molar-refractivity contribution in [3.8, 4) is 0 Å². The number of fused-ring (bicyclic) bond motifs is 1. The van der Waals surface area contributed by atoms with Crippen LogP contribution in [0, 0.1) is 12.7 Å². The van der Waals surface area contributed by atoms with E-state index in [0.717, 1.165) is 54.0 Å². The highest BCUT2D eigenvalue weighted by Gasteiger charge is 2.30. The van der Waals surface area contributed by atoms with Crippen molar-refractivity contribution in [2.45, 2.75) is 39.2 Å². The van der Waals surface area contributed by atoms with Gasteiger partial charge in [-0.25, -0.2) is 4.39 Å².